The lowest BCUT2D eigenvalue weighted by molar-refractivity contribution is 0.0907. The van der Waals surface area contributed by atoms with E-state index in [1.807, 2.05) is 25.1 Å². The highest BCUT2D eigenvalue weighted by Gasteiger charge is 2.34. The van der Waals surface area contributed by atoms with Crippen molar-refractivity contribution in [3.05, 3.63) is 46.3 Å². The van der Waals surface area contributed by atoms with Gasteiger partial charge in [-0.2, -0.15) is 0 Å². The fourth-order valence-electron chi connectivity index (χ4n) is 2.50. The lowest BCUT2D eigenvalue weighted by atomic mass is 9.91. The molecule has 2 rings (SSSR count). The molecule has 0 unspecified atom stereocenters. The third kappa shape index (κ3) is 3.47. The number of aliphatic hydroxyl groups is 1. The summed E-state index contributed by atoms with van der Waals surface area (Å²) in [6.45, 7) is 4.37. The maximum atomic E-state index is 10.1. The average molecular weight is 260 g/mol. The number of rotatable bonds is 3. The zero-order valence-corrected chi connectivity index (χ0v) is 11.2. The van der Waals surface area contributed by atoms with Crippen molar-refractivity contribution < 1.29 is 5.11 Å². The highest BCUT2D eigenvalue weighted by molar-refractivity contribution is 5.14. The smallest absolute Gasteiger partial charge is 0.0731 e. The normalized spacial score (nSPS) is 28.4. The predicted molar refractivity (Wildman–Crippen MR) is 74.5 cm³/mol. The highest BCUT2D eigenvalue weighted by atomic mass is 16.3. The first-order chi connectivity index (χ1) is 9.14. The van der Waals surface area contributed by atoms with Gasteiger partial charge in [0.15, 0.2) is 0 Å². The molecule has 1 aliphatic heterocycles. The van der Waals surface area contributed by atoms with Gasteiger partial charge < -0.3 is 5.11 Å². The van der Waals surface area contributed by atoms with Gasteiger partial charge in [0, 0.05) is 18.0 Å². The van der Waals surface area contributed by atoms with Gasteiger partial charge >= 0.3 is 0 Å². The molecule has 0 radical (unpaired) electrons. The van der Waals surface area contributed by atoms with Gasteiger partial charge in [0.2, 0.25) is 0 Å². The summed E-state index contributed by atoms with van der Waals surface area (Å²) in [7, 11) is 0. The van der Waals surface area contributed by atoms with E-state index < -0.39 is 11.6 Å². The number of aliphatic hydroxyl groups excluding tert-OH is 1. The average Bonchev–Trinajstić information content (AvgIpc) is 2.54. The van der Waals surface area contributed by atoms with Gasteiger partial charge in [0.25, 0.3) is 0 Å². The van der Waals surface area contributed by atoms with Crippen molar-refractivity contribution in [2.45, 2.75) is 38.0 Å². The van der Waals surface area contributed by atoms with E-state index >= 15 is 0 Å². The second-order valence-electron chi connectivity index (χ2n) is 5.36. The molecule has 1 aliphatic rings. The van der Waals surface area contributed by atoms with Crippen LogP contribution in [0.2, 0.25) is 0 Å². The number of nitrogens with zero attached hydrogens (tertiary/aromatic N) is 4. The summed E-state index contributed by atoms with van der Waals surface area (Å²) in [5.41, 5.74) is 9.22. The van der Waals surface area contributed by atoms with Crippen molar-refractivity contribution in [3.8, 4) is 0 Å². The Hall–Kier alpha value is -1.55. The van der Waals surface area contributed by atoms with Crippen LogP contribution < -0.4 is 0 Å². The Morgan fingerprint density at radius 2 is 2.16 bits per heavy atom. The van der Waals surface area contributed by atoms with Gasteiger partial charge in [0.1, 0.15) is 0 Å². The van der Waals surface area contributed by atoms with E-state index in [0.29, 0.717) is 12.8 Å². The fourth-order valence-corrected chi connectivity index (χ4v) is 2.50. The number of benzene rings is 1. The molecule has 0 spiro atoms. The van der Waals surface area contributed by atoms with Crippen LogP contribution in [0.5, 0.6) is 0 Å². The Balaban J connectivity index is 2.02. The Bertz CT molecular complexity index is 458. The molecule has 1 heterocycles. The van der Waals surface area contributed by atoms with Gasteiger partial charge in [-0.3, -0.25) is 4.90 Å². The molecular weight excluding hydrogens is 240 g/mol. The minimum absolute atomic E-state index is 0.566. The van der Waals surface area contributed by atoms with Gasteiger partial charge in [-0.15, -0.1) is 0 Å². The zero-order valence-electron chi connectivity index (χ0n) is 11.2. The second-order valence-corrected chi connectivity index (χ2v) is 5.36. The van der Waals surface area contributed by atoms with E-state index in [4.69, 9.17) is 5.53 Å². The van der Waals surface area contributed by atoms with Gasteiger partial charge in [-0.25, -0.2) is 0 Å². The fraction of sp³-hybridized carbons (Fsp3) is 0.571. The Morgan fingerprint density at radius 1 is 1.42 bits per heavy atom. The van der Waals surface area contributed by atoms with Crippen LogP contribution in [-0.4, -0.2) is 34.7 Å². The third-order valence-electron chi connectivity index (χ3n) is 3.89. The molecule has 19 heavy (non-hydrogen) atoms. The first-order valence-electron chi connectivity index (χ1n) is 6.65. The van der Waals surface area contributed by atoms with Crippen LogP contribution in [0, 0.1) is 0 Å². The van der Waals surface area contributed by atoms with Gasteiger partial charge in [-0.05, 0) is 30.5 Å². The molecule has 0 aromatic heterocycles. The molecule has 0 bridgehead atoms. The van der Waals surface area contributed by atoms with Crippen LogP contribution in [0.3, 0.4) is 0 Å². The summed E-state index contributed by atoms with van der Waals surface area (Å²) in [6, 6.07) is 10.3. The molecule has 2 atom stereocenters. The van der Waals surface area contributed by atoms with Crippen LogP contribution in [0.1, 0.15) is 25.3 Å². The maximum Gasteiger partial charge on any atom is 0.0731 e. The minimum atomic E-state index is -0.680. The molecule has 1 aromatic rings. The molecule has 5 heteroatoms. The monoisotopic (exact) mass is 260 g/mol. The van der Waals surface area contributed by atoms with Crippen LogP contribution in [0.15, 0.2) is 35.4 Å². The van der Waals surface area contributed by atoms with Gasteiger partial charge in [-0.1, -0.05) is 42.4 Å². The molecule has 0 aliphatic carbocycles. The van der Waals surface area contributed by atoms with E-state index in [2.05, 4.69) is 27.1 Å². The summed E-state index contributed by atoms with van der Waals surface area (Å²) in [5, 5.41) is 13.9. The summed E-state index contributed by atoms with van der Waals surface area (Å²) in [6.07, 6.45) is 0.761. The van der Waals surface area contributed by atoms with E-state index in [1.165, 1.54) is 5.56 Å². The molecule has 102 valence electrons. The number of likely N-dealkylation sites (tertiary alicyclic amines) is 1. The molecule has 1 saturated heterocycles. The summed E-state index contributed by atoms with van der Waals surface area (Å²) in [5.74, 6) is 0. The minimum Gasteiger partial charge on any atom is -0.392 e. The largest absolute Gasteiger partial charge is 0.392 e. The van der Waals surface area contributed by atoms with Crippen LogP contribution in [-0.2, 0) is 6.54 Å². The number of hydrogen-bond acceptors (Lipinski definition) is 3. The van der Waals surface area contributed by atoms with Crippen LogP contribution >= 0.6 is 0 Å². The molecule has 1 fully saturated rings. The first-order valence-corrected chi connectivity index (χ1v) is 6.65. The summed E-state index contributed by atoms with van der Waals surface area (Å²) < 4.78 is 0. The highest BCUT2D eigenvalue weighted by Crippen LogP contribution is 2.27. The summed E-state index contributed by atoms with van der Waals surface area (Å²) >= 11 is 0. The molecule has 1 aromatic carbocycles. The Kier molecular flexibility index (Phi) is 4.43. The standard InChI is InChI=1S/C14H20N4O/c1-14(16-17-15)8-10-18(9-7-13(14)19)11-12-5-3-2-4-6-12/h2-6,13,19H,7-11H2,1H3/t13-,14-/m0/s1. The molecule has 0 saturated carbocycles. The first kappa shape index (κ1) is 13.9. The predicted octanol–water partition coefficient (Wildman–Crippen LogP) is 2.71. The zero-order chi connectivity index (χ0) is 13.7. The van der Waals surface area contributed by atoms with E-state index in [0.717, 1.165) is 19.6 Å². The van der Waals surface area contributed by atoms with Crippen LogP contribution in [0.25, 0.3) is 10.4 Å². The Morgan fingerprint density at radius 3 is 2.84 bits per heavy atom. The van der Waals surface area contributed by atoms with Crippen molar-refractivity contribution in [1.29, 1.82) is 0 Å². The Labute approximate surface area is 113 Å². The SMILES string of the molecule is C[C@]1(N=[N+]=[N-])CCN(Cc2ccccc2)CC[C@@H]1O. The maximum absolute atomic E-state index is 10.1. The number of hydrogen-bond donors (Lipinski definition) is 1. The number of azide groups is 1. The topological polar surface area (TPSA) is 72.2 Å². The third-order valence-corrected chi connectivity index (χ3v) is 3.89. The van der Waals surface area contributed by atoms with Crippen LogP contribution in [0.4, 0.5) is 0 Å². The molecular formula is C14H20N4O. The molecule has 1 N–H and O–H groups in total. The lowest BCUT2D eigenvalue weighted by Gasteiger charge is -2.26. The van der Waals surface area contributed by atoms with Crippen molar-refractivity contribution >= 4 is 0 Å². The van der Waals surface area contributed by atoms with E-state index in [9.17, 15) is 5.11 Å². The van der Waals surface area contributed by atoms with Crippen molar-refractivity contribution in [1.82, 2.24) is 4.90 Å². The summed E-state index contributed by atoms with van der Waals surface area (Å²) in [4.78, 5) is 5.18. The van der Waals surface area contributed by atoms with Gasteiger partial charge in [0.05, 0.1) is 11.6 Å². The van der Waals surface area contributed by atoms with Crippen molar-refractivity contribution in [2.75, 3.05) is 13.1 Å². The lowest BCUT2D eigenvalue weighted by Crippen LogP contribution is -2.36. The van der Waals surface area contributed by atoms with E-state index in [1.54, 1.807) is 0 Å². The molecule has 0 amide bonds. The van der Waals surface area contributed by atoms with Crippen molar-refractivity contribution in [2.24, 2.45) is 5.11 Å². The molecule has 5 nitrogen and oxygen atoms in total. The van der Waals surface area contributed by atoms with Crippen molar-refractivity contribution in [3.63, 3.8) is 0 Å². The quantitative estimate of drug-likeness (QED) is 0.515. The van der Waals surface area contributed by atoms with E-state index in [-0.39, 0.29) is 0 Å². The second kappa shape index (κ2) is 6.06.